The number of hydrogen-bond donors (Lipinski definition) is 1. The van der Waals surface area contributed by atoms with E-state index in [2.05, 4.69) is 4.98 Å². The van der Waals surface area contributed by atoms with Crippen molar-refractivity contribution < 1.29 is 19.1 Å². The van der Waals surface area contributed by atoms with Crippen LogP contribution in [0.4, 0.5) is 0 Å². The Balaban J connectivity index is 1.33. The topological polar surface area (TPSA) is 91.9 Å². The molecule has 0 bridgehead atoms. The maximum absolute atomic E-state index is 12.5. The molecule has 8 nitrogen and oxygen atoms in total. The molecule has 1 aromatic heterocycles. The van der Waals surface area contributed by atoms with E-state index in [0.29, 0.717) is 45.1 Å². The van der Waals surface area contributed by atoms with Crippen LogP contribution in [0, 0.1) is 11.8 Å². The van der Waals surface area contributed by atoms with Gasteiger partial charge in [-0.15, -0.1) is 0 Å². The van der Waals surface area contributed by atoms with Gasteiger partial charge in [-0.1, -0.05) is 0 Å². The quantitative estimate of drug-likeness (QED) is 0.808. The van der Waals surface area contributed by atoms with Crippen LogP contribution in [0.1, 0.15) is 16.9 Å². The lowest BCUT2D eigenvalue weighted by Gasteiger charge is -2.22. The van der Waals surface area contributed by atoms with E-state index in [1.807, 2.05) is 4.90 Å². The molecule has 0 aromatic carbocycles. The number of ether oxygens (including phenoxy) is 2. The number of pyridine rings is 1. The van der Waals surface area contributed by atoms with Crippen LogP contribution in [-0.2, 0) is 14.3 Å². The number of aromatic amines is 1. The first-order valence-electron chi connectivity index (χ1n) is 8.59. The zero-order valence-corrected chi connectivity index (χ0v) is 13.8. The number of amides is 2. The molecular formula is C17H21N3O5. The zero-order valence-electron chi connectivity index (χ0n) is 13.8. The van der Waals surface area contributed by atoms with Crippen molar-refractivity contribution in [2.45, 2.75) is 12.7 Å². The molecule has 2 amide bonds. The molecule has 0 unspecified atom stereocenters. The summed E-state index contributed by atoms with van der Waals surface area (Å²) in [4.78, 5) is 42.7. The number of nitrogens with one attached hydrogen (secondary N) is 1. The van der Waals surface area contributed by atoms with Crippen LogP contribution >= 0.6 is 0 Å². The Bertz CT molecular complexity index is 713. The second kappa shape index (κ2) is 6.61. The molecule has 1 N–H and O–H groups in total. The summed E-state index contributed by atoms with van der Waals surface area (Å²) in [5.41, 5.74) is 0.130. The Morgan fingerprint density at radius 2 is 1.72 bits per heavy atom. The van der Waals surface area contributed by atoms with Crippen LogP contribution in [0.15, 0.2) is 23.1 Å². The average molecular weight is 347 g/mol. The van der Waals surface area contributed by atoms with Crippen molar-refractivity contribution in [1.29, 1.82) is 0 Å². The van der Waals surface area contributed by atoms with E-state index >= 15 is 0 Å². The molecule has 3 fully saturated rings. The minimum absolute atomic E-state index is 0.0477. The summed E-state index contributed by atoms with van der Waals surface area (Å²) in [5, 5.41) is 0. The maximum atomic E-state index is 12.5. The van der Waals surface area contributed by atoms with E-state index < -0.39 is 6.29 Å². The fourth-order valence-electron chi connectivity index (χ4n) is 3.90. The summed E-state index contributed by atoms with van der Waals surface area (Å²) in [6.07, 6.45) is 1.33. The normalized spacial score (nSPS) is 26.2. The summed E-state index contributed by atoms with van der Waals surface area (Å²) in [6.45, 7) is 3.63. The molecule has 8 heteroatoms. The number of hydrogen-bond acceptors (Lipinski definition) is 5. The Morgan fingerprint density at radius 3 is 2.36 bits per heavy atom. The second-order valence-electron chi connectivity index (χ2n) is 6.84. The van der Waals surface area contributed by atoms with Gasteiger partial charge in [0, 0.05) is 56.3 Å². The van der Waals surface area contributed by atoms with Crippen molar-refractivity contribution in [3.05, 3.63) is 34.2 Å². The average Bonchev–Trinajstić information content (AvgIpc) is 3.29. The zero-order chi connectivity index (χ0) is 17.4. The highest BCUT2D eigenvalue weighted by atomic mass is 16.7. The second-order valence-corrected chi connectivity index (χ2v) is 6.84. The van der Waals surface area contributed by atoms with E-state index in [4.69, 9.17) is 9.47 Å². The highest BCUT2D eigenvalue weighted by Gasteiger charge is 2.43. The molecule has 3 aliphatic heterocycles. The number of nitrogens with zero attached hydrogens (tertiary/aromatic N) is 2. The van der Waals surface area contributed by atoms with Crippen LogP contribution in [0.5, 0.6) is 0 Å². The number of aromatic nitrogens is 1. The molecule has 134 valence electrons. The first-order valence-corrected chi connectivity index (χ1v) is 8.59. The predicted octanol–water partition coefficient (Wildman–Crippen LogP) is -0.332. The standard InChI is InChI=1S/C17H21N3O5/c21-13-1-2-18-14(5-13)17(23)20-9-11-7-19(8-12(11)10-20)15(22)6-16-24-3-4-25-16/h1-2,5,11-12,16H,3-4,6-10H2,(H,18,21)/t11-,12+. The Hall–Kier alpha value is -2.19. The summed E-state index contributed by atoms with van der Waals surface area (Å²) in [7, 11) is 0. The van der Waals surface area contributed by atoms with Gasteiger partial charge in [0.25, 0.3) is 5.91 Å². The van der Waals surface area contributed by atoms with Crippen LogP contribution in [0.2, 0.25) is 0 Å². The number of rotatable bonds is 3. The third-order valence-corrected chi connectivity index (χ3v) is 5.16. The highest BCUT2D eigenvalue weighted by molar-refractivity contribution is 5.92. The summed E-state index contributed by atoms with van der Waals surface area (Å²) >= 11 is 0. The maximum Gasteiger partial charge on any atom is 0.270 e. The summed E-state index contributed by atoms with van der Waals surface area (Å²) in [5.74, 6) is 0.465. The fraction of sp³-hybridized carbons (Fsp3) is 0.588. The first kappa shape index (κ1) is 16.3. The van der Waals surface area contributed by atoms with Crippen molar-refractivity contribution in [2.75, 3.05) is 39.4 Å². The van der Waals surface area contributed by atoms with Gasteiger partial charge in [0.2, 0.25) is 5.91 Å². The molecule has 3 aliphatic rings. The predicted molar refractivity (Wildman–Crippen MR) is 86.8 cm³/mol. The molecule has 2 atom stereocenters. The van der Waals surface area contributed by atoms with Gasteiger partial charge in [0.05, 0.1) is 19.6 Å². The lowest BCUT2D eigenvalue weighted by atomic mass is 10.0. The third-order valence-electron chi connectivity index (χ3n) is 5.16. The Morgan fingerprint density at radius 1 is 1.08 bits per heavy atom. The highest BCUT2D eigenvalue weighted by Crippen LogP contribution is 2.32. The monoisotopic (exact) mass is 347 g/mol. The van der Waals surface area contributed by atoms with E-state index in [1.165, 1.54) is 18.3 Å². The van der Waals surface area contributed by atoms with Gasteiger partial charge in [-0.25, -0.2) is 0 Å². The molecule has 1 aromatic rings. The van der Waals surface area contributed by atoms with Crippen molar-refractivity contribution in [2.24, 2.45) is 11.8 Å². The number of likely N-dealkylation sites (tertiary alicyclic amines) is 2. The molecule has 3 saturated heterocycles. The van der Waals surface area contributed by atoms with Crippen LogP contribution in [0.25, 0.3) is 0 Å². The molecule has 25 heavy (non-hydrogen) atoms. The molecule has 0 radical (unpaired) electrons. The van der Waals surface area contributed by atoms with Gasteiger partial charge in [0.1, 0.15) is 5.69 Å². The minimum Gasteiger partial charge on any atom is -0.357 e. The van der Waals surface area contributed by atoms with E-state index in [-0.39, 0.29) is 35.5 Å². The van der Waals surface area contributed by atoms with E-state index in [1.54, 1.807) is 4.90 Å². The van der Waals surface area contributed by atoms with E-state index in [0.717, 1.165) is 0 Å². The SMILES string of the molecule is O=C(CC1OCCO1)N1C[C@@H]2CN(C(=O)c3cc(=O)cc[nH]3)C[C@@H]2C1. The molecule has 0 saturated carbocycles. The summed E-state index contributed by atoms with van der Waals surface area (Å²) in [6, 6.07) is 2.71. The summed E-state index contributed by atoms with van der Waals surface area (Å²) < 4.78 is 10.7. The smallest absolute Gasteiger partial charge is 0.270 e. The fourth-order valence-corrected chi connectivity index (χ4v) is 3.90. The van der Waals surface area contributed by atoms with Gasteiger partial charge in [0.15, 0.2) is 11.7 Å². The molecule has 0 spiro atoms. The van der Waals surface area contributed by atoms with E-state index in [9.17, 15) is 14.4 Å². The van der Waals surface area contributed by atoms with Gasteiger partial charge < -0.3 is 24.3 Å². The molecule has 4 heterocycles. The number of carbonyl (C=O) groups excluding carboxylic acids is 2. The van der Waals surface area contributed by atoms with Crippen molar-refractivity contribution >= 4 is 11.8 Å². The van der Waals surface area contributed by atoms with Gasteiger partial charge >= 0.3 is 0 Å². The third kappa shape index (κ3) is 3.32. The molecular weight excluding hydrogens is 326 g/mol. The number of fused-ring (bicyclic) bond motifs is 1. The van der Waals surface area contributed by atoms with Crippen molar-refractivity contribution in [1.82, 2.24) is 14.8 Å². The Labute approximate surface area is 144 Å². The van der Waals surface area contributed by atoms with Crippen LogP contribution in [-0.4, -0.2) is 72.3 Å². The van der Waals surface area contributed by atoms with Gasteiger partial charge in [-0.3, -0.25) is 14.4 Å². The van der Waals surface area contributed by atoms with Gasteiger partial charge in [-0.2, -0.15) is 0 Å². The van der Waals surface area contributed by atoms with Crippen LogP contribution < -0.4 is 5.43 Å². The van der Waals surface area contributed by atoms with Gasteiger partial charge in [-0.05, 0) is 0 Å². The largest absolute Gasteiger partial charge is 0.357 e. The molecule has 0 aliphatic carbocycles. The Kier molecular flexibility index (Phi) is 4.30. The lowest BCUT2D eigenvalue weighted by molar-refractivity contribution is -0.138. The number of H-pyrrole nitrogens is 1. The first-order chi connectivity index (χ1) is 12.1. The minimum atomic E-state index is -0.416. The lowest BCUT2D eigenvalue weighted by Crippen LogP contribution is -2.37. The van der Waals surface area contributed by atoms with Crippen LogP contribution in [0.3, 0.4) is 0 Å². The number of carbonyl (C=O) groups is 2. The van der Waals surface area contributed by atoms with Crippen molar-refractivity contribution in [3.63, 3.8) is 0 Å². The van der Waals surface area contributed by atoms with Crippen molar-refractivity contribution in [3.8, 4) is 0 Å². The molecule has 4 rings (SSSR count).